The molecule has 0 spiro atoms. The molecule has 3 nitrogen and oxygen atoms in total. The van der Waals surface area contributed by atoms with Crippen LogP contribution in [-0.4, -0.2) is 36.6 Å². The van der Waals surface area contributed by atoms with Gasteiger partial charge in [0.1, 0.15) is 5.54 Å². The lowest BCUT2D eigenvalue weighted by Crippen LogP contribution is -2.47. The van der Waals surface area contributed by atoms with E-state index >= 15 is 0 Å². The topological polar surface area (TPSA) is 39.1 Å². The van der Waals surface area contributed by atoms with E-state index in [-0.39, 0.29) is 5.54 Å². The van der Waals surface area contributed by atoms with E-state index in [2.05, 4.69) is 44.0 Å². The van der Waals surface area contributed by atoms with Crippen LogP contribution in [0.15, 0.2) is 0 Å². The molecule has 0 saturated heterocycles. The molecule has 0 rings (SSSR count). The lowest BCUT2D eigenvalue weighted by atomic mass is 9.90. The predicted molar refractivity (Wildman–Crippen MR) is 74.0 cm³/mol. The minimum absolute atomic E-state index is 0.295. The largest absolute Gasteiger partial charge is 0.303 e. The molecule has 0 aromatic rings. The number of nitrogens with one attached hydrogen (secondary N) is 1. The Kier molecular flexibility index (Phi) is 9.11. The molecule has 0 aromatic carbocycles. The Labute approximate surface area is 107 Å². The molecule has 1 N–H and O–H groups in total. The highest BCUT2D eigenvalue weighted by molar-refractivity contribution is 5.06. The van der Waals surface area contributed by atoms with Crippen LogP contribution in [0.2, 0.25) is 0 Å². The fourth-order valence-corrected chi connectivity index (χ4v) is 2.30. The van der Waals surface area contributed by atoms with Crippen molar-refractivity contribution in [2.75, 3.05) is 26.2 Å². The molecular weight excluding hydrogens is 210 g/mol. The van der Waals surface area contributed by atoms with Crippen LogP contribution in [-0.2, 0) is 0 Å². The van der Waals surface area contributed by atoms with Gasteiger partial charge < -0.3 is 4.90 Å². The zero-order chi connectivity index (χ0) is 13.1. The van der Waals surface area contributed by atoms with E-state index < -0.39 is 0 Å². The van der Waals surface area contributed by atoms with Crippen molar-refractivity contribution in [3.63, 3.8) is 0 Å². The standard InChI is InChI=1S/C14H29N3/c1-5-9-14(13-15,10-6-2)16-11-12-17(7-3)8-4/h16H,5-12H2,1-4H3. The van der Waals surface area contributed by atoms with Crippen LogP contribution in [0.1, 0.15) is 53.4 Å². The first-order valence-electron chi connectivity index (χ1n) is 7.06. The molecule has 0 unspecified atom stereocenters. The van der Waals surface area contributed by atoms with Crippen LogP contribution in [0.5, 0.6) is 0 Å². The number of nitrogens with zero attached hydrogens (tertiary/aromatic N) is 2. The average molecular weight is 239 g/mol. The number of rotatable bonds is 10. The Balaban J connectivity index is 4.20. The van der Waals surface area contributed by atoms with E-state index in [1.807, 2.05) is 0 Å². The maximum absolute atomic E-state index is 9.39. The number of hydrogen-bond donors (Lipinski definition) is 1. The number of likely N-dealkylation sites (N-methyl/N-ethyl adjacent to an activating group) is 1. The van der Waals surface area contributed by atoms with Crippen molar-refractivity contribution in [1.29, 1.82) is 5.26 Å². The minimum Gasteiger partial charge on any atom is -0.303 e. The molecule has 0 amide bonds. The minimum atomic E-state index is -0.295. The summed E-state index contributed by atoms with van der Waals surface area (Å²) in [6.07, 6.45) is 4.03. The van der Waals surface area contributed by atoms with Crippen LogP contribution >= 0.6 is 0 Å². The maximum Gasteiger partial charge on any atom is 0.106 e. The van der Waals surface area contributed by atoms with E-state index in [9.17, 15) is 5.26 Å². The summed E-state index contributed by atoms with van der Waals surface area (Å²) in [5, 5.41) is 12.9. The van der Waals surface area contributed by atoms with Crippen LogP contribution < -0.4 is 5.32 Å². The summed E-state index contributed by atoms with van der Waals surface area (Å²) in [4.78, 5) is 2.38. The van der Waals surface area contributed by atoms with Crippen molar-refractivity contribution in [2.45, 2.75) is 58.9 Å². The van der Waals surface area contributed by atoms with Crippen molar-refractivity contribution >= 4 is 0 Å². The van der Waals surface area contributed by atoms with Gasteiger partial charge in [-0.15, -0.1) is 0 Å². The molecule has 3 heteroatoms. The van der Waals surface area contributed by atoms with Gasteiger partial charge in [-0.05, 0) is 25.9 Å². The first kappa shape index (κ1) is 16.4. The molecule has 0 saturated carbocycles. The third-order valence-corrected chi connectivity index (χ3v) is 3.35. The zero-order valence-corrected chi connectivity index (χ0v) is 12.1. The monoisotopic (exact) mass is 239 g/mol. The summed E-state index contributed by atoms with van der Waals surface area (Å²) in [5.41, 5.74) is -0.295. The summed E-state index contributed by atoms with van der Waals surface area (Å²) in [6.45, 7) is 12.8. The molecular formula is C14H29N3. The van der Waals surface area contributed by atoms with Crippen molar-refractivity contribution in [3.8, 4) is 6.07 Å². The summed E-state index contributed by atoms with van der Waals surface area (Å²) in [5.74, 6) is 0. The normalized spacial score (nSPS) is 11.8. The third kappa shape index (κ3) is 6.05. The summed E-state index contributed by atoms with van der Waals surface area (Å²) in [6, 6.07) is 2.50. The molecule has 0 atom stereocenters. The smallest absolute Gasteiger partial charge is 0.106 e. The van der Waals surface area contributed by atoms with E-state index in [4.69, 9.17) is 0 Å². The molecule has 0 fully saturated rings. The number of hydrogen-bond acceptors (Lipinski definition) is 3. The van der Waals surface area contributed by atoms with Gasteiger partial charge in [0.25, 0.3) is 0 Å². The van der Waals surface area contributed by atoms with Crippen LogP contribution in [0.3, 0.4) is 0 Å². The Morgan fingerprint density at radius 2 is 1.59 bits per heavy atom. The van der Waals surface area contributed by atoms with Gasteiger partial charge in [-0.25, -0.2) is 0 Å². The average Bonchev–Trinajstić information content (AvgIpc) is 2.35. The van der Waals surface area contributed by atoms with E-state index in [0.717, 1.165) is 51.9 Å². The SMILES string of the molecule is CCCC(C#N)(CCC)NCCN(CC)CC. The zero-order valence-electron chi connectivity index (χ0n) is 12.1. The lowest BCUT2D eigenvalue weighted by molar-refractivity contribution is 0.274. The predicted octanol–water partition coefficient (Wildman–Crippen LogP) is 2.78. The molecule has 17 heavy (non-hydrogen) atoms. The first-order valence-corrected chi connectivity index (χ1v) is 7.06. The van der Waals surface area contributed by atoms with Crippen molar-refractivity contribution in [1.82, 2.24) is 10.2 Å². The van der Waals surface area contributed by atoms with Crippen LogP contribution in [0.25, 0.3) is 0 Å². The van der Waals surface area contributed by atoms with Crippen molar-refractivity contribution in [2.24, 2.45) is 0 Å². The van der Waals surface area contributed by atoms with E-state index in [1.54, 1.807) is 0 Å². The van der Waals surface area contributed by atoms with Crippen molar-refractivity contribution < 1.29 is 0 Å². The fourth-order valence-electron chi connectivity index (χ4n) is 2.30. The highest BCUT2D eigenvalue weighted by Crippen LogP contribution is 2.18. The van der Waals surface area contributed by atoms with Gasteiger partial charge in [0, 0.05) is 13.1 Å². The molecule has 0 aliphatic heterocycles. The Morgan fingerprint density at radius 3 is 1.94 bits per heavy atom. The van der Waals surface area contributed by atoms with E-state index in [1.165, 1.54) is 0 Å². The summed E-state index contributed by atoms with van der Waals surface area (Å²) in [7, 11) is 0. The summed E-state index contributed by atoms with van der Waals surface area (Å²) < 4.78 is 0. The second-order valence-corrected chi connectivity index (χ2v) is 4.65. The lowest BCUT2D eigenvalue weighted by Gasteiger charge is -2.29. The molecule has 0 bridgehead atoms. The highest BCUT2D eigenvalue weighted by Gasteiger charge is 2.26. The highest BCUT2D eigenvalue weighted by atomic mass is 15.1. The Morgan fingerprint density at radius 1 is 1.06 bits per heavy atom. The first-order chi connectivity index (χ1) is 8.17. The number of nitriles is 1. The van der Waals surface area contributed by atoms with Gasteiger partial charge in [-0.3, -0.25) is 5.32 Å². The molecule has 0 heterocycles. The molecule has 0 aliphatic rings. The molecule has 0 aliphatic carbocycles. The van der Waals surface area contributed by atoms with Gasteiger partial charge in [0.15, 0.2) is 0 Å². The van der Waals surface area contributed by atoms with Crippen LogP contribution in [0, 0.1) is 11.3 Å². The quantitative estimate of drug-likeness (QED) is 0.637. The fraction of sp³-hybridized carbons (Fsp3) is 0.929. The van der Waals surface area contributed by atoms with Crippen LogP contribution in [0.4, 0.5) is 0 Å². The van der Waals surface area contributed by atoms with Gasteiger partial charge >= 0.3 is 0 Å². The molecule has 0 radical (unpaired) electrons. The van der Waals surface area contributed by atoms with Crippen molar-refractivity contribution in [3.05, 3.63) is 0 Å². The van der Waals surface area contributed by atoms with E-state index in [0.29, 0.717) is 0 Å². The second kappa shape index (κ2) is 9.44. The third-order valence-electron chi connectivity index (χ3n) is 3.35. The van der Waals surface area contributed by atoms with Gasteiger partial charge in [0.2, 0.25) is 0 Å². The van der Waals surface area contributed by atoms with Gasteiger partial charge in [-0.1, -0.05) is 40.5 Å². The second-order valence-electron chi connectivity index (χ2n) is 4.65. The summed E-state index contributed by atoms with van der Waals surface area (Å²) >= 11 is 0. The Bertz CT molecular complexity index is 210. The molecule has 100 valence electrons. The van der Waals surface area contributed by atoms with Gasteiger partial charge in [-0.2, -0.15) is 5.26 Å². The maximum atomic E-state index is 9.39. The molecule has 0 aromatic heterocycles. The Hall–Kier alpha value is -0.590. The van der Waals surface area contributed by atoms with Gasteiger partial charge in [0.05, 0.1) is 6.07 Å².